The number of piperazine rings is 1. The van der Waals surface area contributed by atoms with E-state index < -0.39 is 0 Å². The van der Waals surface area contributed by atoms with Gasteiger partial charge in [0, 0.05) is 100 Å². The summed E-state index contributed by atoms with van der Waals surface area (Å²) in [7, 11) is 2.18. The second kappa shape index (κ2) is 22.6. The van der Waals surface area contributed by atoms with Crippen LogP contribution in [0.1, 0.15) is 70.2 Å². The lowest BCUT2D eigenvalue weighted by molar-refractivity contribution is 0.313. The number of anilines is 4. The van der Waals surface area contributed by atoms with Gasteiger partial charge in [-0.3, -0.25) is 4.98 Å². The van der Waals surface area contributed by atoms with E-state index in [2.05, 4.69) is 172 Å². The molecule has 12 heteroatoms. The molecule has 4 N–H and O–H groups in total. The Kier molecular flexibility index (Phi) is 15.4. The summed E-state index contributed by atoms with van der Waals surface area (Å²) in [5.41, 5.74) is 12.7. The quantitative estimate of drug-likeness (QED) is 0.0843. The van der Waals surface area contributed by atoms with Crippen molar-refractivity contribution in [2.45, 2.75) is 66.7 Å². The van der Waals surface area contributed by atoms with Crippen molar-refractivity contribution >= 4 is 83.1 Å². The lowest BCUT2D eigenvalue weighted by Crippen LogP contribution is -2.44. The summed E-state index contributed by atoms with van der Waals surface area (Å²) in [5.74, 6) is 2.26. The van der Waals surface area contributed by atoms with Gasteiger partial charge in [-0.15, -0.1) is 11.3 Å². The van der Waals surface area contributed by atoms with Gasteiger partial charge in [0.2, 0.25) is 0 Å². The number of benzene rings is 3. The highest BCUT2D eigenvalue weighted by molar-refractivity contribution is 7.22. The number of aromatic nitrogens is 7. The zero-order chi connectivity index (χ0) is 49.3. The number of hydrogen-bond donors (Lipinski definition) is 4. The van der Waals surface area contributed by atoms with E-state index in [1.807, 2.05) is 44.7 Å². The lowest BCUT2D eigenvalue weighted by atomic mass is 9.91. The smallest absolute Gasteiger partial charge is 0.140 e. The Labute approximate surface area is 421 Å². The summed E-state index contributed by atoms with van der Waals surface area (Å²) in [5, 5.41) is 11.4. The molecule has 1 aliphatic heterocycles. The van der Waals surface area contributed by atoms with E-state index in [1.165, 1.54) is 57.5 Å². The molecule has 0 aliphatic carbocycles. The van der Waals surface area contributed by atoms with Crippen molar-refractivity contribution in [1.82, 2.24) is 39.8 Å². The van der Waals surface area contributed by atoms with Crippen LogP contribution >= 0.6 is 11.3 Å². The highest BCUT2D eigenvalue weighted by atomic mass is 32.1. The standard InChI is InChI=1S/C32H35N5.C25H24N6S.C2H6/c1-5-7-23(8-6-2)17-30-27-18-25(13-15-29(27)34-20-35-30)28-19-33-32-26(28)14-16-31(37-32)36-22(4)24-11-9-21(3)10-12-24;1-30-9-11-31(12-10-30)19-4-2-3-18(14-19)28-24-6-5-20-21(15-27-25(20)29-24)22-13-17-7-8-26-16-23(17)32-22;1-2/h9-16,18-20,23H,4-8,17H2,1-3H3,(H2,33,36,37);2-8,13-16H,9-12H2,1H3,(H2,27,28,29);1-2H3. The van der Waals surface area contributed by atoms with Crippen molar-refractivity contribution in [3.8, 4) is 21.6 Å². The summed E-state index contributed by atoms with van der Waals surface area (Å²) in [4.78, 5) is 35.9. The molecule has 0 saturated carbocycles. The molecule has 11 nitrogen and oxygen atoms in total. The maximum Gasteiger partial charge on any atom is 0.140 e. The first-order valence-electron chi connectivity index (χ1n) is 25.2. The molecule has 1 aliphatic rings. The van der Waals surface area contributed by atoms with Crippen molar-refractivity contribution in [3.05, 3.63) is 158 Å². The van der Waals surface area contributed by atoms with Crippen LogP contribution < -0.4 is 15.5 Å². The maximum atomic E-state index is 4.83. The average Bonchev–Trinajstić information content (AvgIpc) is 4.15. The Balaban J connectivity index is 0.000000171. The zero-order valence-corrected chi connectivity index (χ0v) is 42.7. The highest BCUT2D eigenvalue weighted by Gasteiger charge is 2.17. The van der Waals surface area contributed by atoms with Crippen LogP contribution in [0.2, 0.25) is 0 Å². The third kappa shape index (κ3) is 11.3. The summed E-state index contributed by atoms with van der Waals surface area (Å²) in [6, 6.07) is 36.0. The number of hydrogen-bond acceptors (Lipinski definition) is 10. The third-order valence-electron chi connectivity index (χ3n) is 13.2. The van der Waals surface area contributed by atoms with Crippen LogP contribution in [-0.2, 0) is 6.42 Å². The molecule has 3 aromatic carbocycles. The number of pyridine rings is 3. The van der Waals surface area contributed by atoms with E-state index in [0.717, 1.165) is 111 Å². The molecule has 71 heavy (non-hydrogen) atoms. The van der Waals surface area contributed by atoms with Gasteiger partial charge in [-0.25, -0.2) is 19.9 Å². The summed E-state index contributed by atoms with van der Waals surface area (Å²) in [6.45, 7) is 19.1. The number of aromatic amines is 2. The minimum atomic E-state index is 0.662. The Morgan fingerprint density at radius 3 is 2.23 bits per heavy atom. The monoisotopic (exact) mass is 960 g/mol. The van der Waals surface area contributed by atoms with E-state index >= 15 is 0 Å². The van der Waals surface area contributed by atoms with Gasteiger partial charge in [0.15, 0.2) is 0 Å². The Morgan fingerprint density at radius 1 is 0.761 bits per heavy atom. The highest BCUT2D eigenvalue weighted by Crippen LogP contribution is 2.38. The number of likely N-dealkylation sites (N-methyl/N-ethyl adjacent to an activating group) is 1. The van der Waals surface area contributed by atoms with Gasteiger partial charge in [-0.2, -0.15) is 0 Å². The van der Waals surface area contributed by atoms with Gasteiger partial charge in [0.25, 0.3) is 0 Å². The van der Waals surface area contributed by atoms with Gasteiger partial charge in [0.05, 0.1) is 15.9 Å². The molecule has 0 unspecified atom stereocenters. The van der Waals surface area contributed by atoms with E-state index in [1.54, 1.807) is 17.7 Å². The topological polar surface area (TPSA) is 127 Å². The normalized spacial score (nSPS) is 12.8. The molecule has 10 aromatic rings. The second-order valence-electron chi connectivity index (χ2n) is 18.2. The molecule has 362 valence electrons. The van der Waals surface area contributed by atoms with Crippen molar-refractivity contribution in [2.24, 2.45) is 5.92 Å². The number of fused-ring (bicyclic) bond motifs is 4. The second-order valence-corrected chi connectivity index (χ2v) is 19.3. The van der Waals surface area contributed by atoms with Crippen molar-refractivity contribution in [1.29, 1.82) is 0 Å². The fraction of sp³-hybridized carbons (Fsp3) is 0.271. The molecule has 0 atom stereocenters. The lowest BCUT2D eigenvalue weighted by Gasteiger charge is -2.34. The van der Waals surface area contributed by atoms with Crippen molar-refractivity contribution in [2.75, 3.05) is 48.8 Å². The molecule has 7 aromatic heterocycles. The Bertz CT molecular complexity index is 3340. The molecule has 0 bridgehead atoms. The van der Waals surface area contributed by atoms with Crippen molar-refractivity contribution < 1.29 is 0 Å². The van der Waals surface area contributed by atoms with E-state index in [9.17, 15) is 0 Å². The third-order valence-corrected chi connectivity index (χ3v) is 14.4. The van der Waals surface area contributed by atoms with Gasteiger partial charge in [-0.1, -0.05) is 102 Å². The maximum absolute atomic E-state index is 4.83. The molecule has 1 saturated heterocycles. The van der Waals surface area contributed by atoms with Crippen LogP contribution in [0.3, 0.4) is 0 Å². The number of rotatable bonds is 14. The molecular formula is C59H65N11S. The SMILES string of the molecule is C=C(Nc1ccc2c(-c3ccc4ncnc(CC(CCC)CCC)c4c3)c[nH]c2n1)c1ccc(C)cc1.CC.CN1CCN(c2cccc(Nc3ccc4c(-c5cc6ccncc6s5)c[nH]c4n3)c2)CC1. The molecule has 11 rings (SSSR count). The van der Waals surface area contributed by atoms with Crippen LogP contribution in [-0.4, -0.2) is 73.0 Å². The minimum Gasteiger partial charge on any atom is -0.369 e. The van der Waals surface area contributed by atoms with Gasteiger partial charge in [-0.05, 0) is 110 Å². The molecule has 8 heterocycles. The fourth-order valence-corrected chi connectivity index (χ4v) is 10.5. The predicted octanol–water partition coefficient (Wildman–Crippen LogP) is 14.7. The molecule has 0 radical (unpaired) electrons. The molecular weight excluding hydrogens is 895 g/mol. The number of nitrogens with zero attached hydrogens (tertiary/aromatic N) is 7. The van der Waals surface area contributed by atoms with Gasteiger partial charge < -0.3 is 30.4 Å². The first kappa shape index (κ1) is 48.6. The fourth-order valence-electron chi connectivity index (χ4n) is 9.46. The molecule has 0 spiro atoms. The number of thiophene rings is 1. The van der Waals surface area contributed by atoms with Crippen LogP contribution in [0.4, 0.5) is 23.0 Å². The first-order valence-corrected chi connectivity index (χ1v) is 26.0. The van der Waals surface area contributed by atoms with Crippen LogP contribution in [0.5, 0.6) is 0 Å². The number of nitrogens with one attached hydrogen (secondary N) is 4. The number of aryl methyl sites for hydroxylation is 1. The average molecular weight is 960 g/mol. The van der Waals surface area contributed by atoms with E-state index in [-0.39, 0.29) is 0 Å². The van der Waals surface area contributed by atoms with E-state index in [0.29, 0.717) is 5.92 Å². The van der Waals surface area contributed by atoms with Gasteiger partial charge >= 0.3 is 0 Å². The van der Waals surface area contributed by atoms with Gasteiger partial charge in [0.1, 0.15) is 29.3 Å². The summed E-state index contributed by atoms with van der Waals surface area (Å²) < 4.78 is 1.20. The summed E-state index contributed by atoms with van der Waals surface area (Å²) >= 11 is 1.76. The minimum absolute atomic E-state index is 0.662. The van der Waals surface area contributed by atoms with Crippen LogP contribution in [0, 0.1) is 12.8 Å². The van der Waals surface area contributed by atoms with Crippen molar-refractivity contribution in [3.63, 3.8) is 0 Å². The molecule has 0 amide bonds. The Morgan fingerprint density at radius 2 is 1.48 bits per heavy atom. The number of H-pyrrole nitrogens is 2. The zero-order valence-electron chi connectivity index (χ0n) is 41.9. The first-order chi connectivity index (χ1) is 34.8. The van der Waals surface area contributed by atoms with E-state index in [4.69, 9.17) is 15.0 Å². The molecule has 1 fully saturated rings. The largest absolute Gasteiger partial charge is 0.369 e. The summed E-state index contributed by atoms with van der Waals surface area (Å²) in [6.07, 6.45) is 15.4. The Hall–Kier alpha value is -7.41. The predicted molar refractivity (Wildman–Crippen MR) is 301 cm³/mol. The van der Waals surface area contributed by atoms with Crippen LogP contribution in [0.25, 0.3) is 70.3 Å². The van der Waals surface area contributed by atoms with Crippen LogP contribution in [0.15, 0.2) is 141 Å².